The van der Waals surface area contributed by atoms with Gasteiger partial charge in [0.2, 0.25) is 5.91 Å². The Balaban J connectivity index is 0.879. The number of likely N-dealkylation sites (N-methyl/N-ethyl adjacent to an activating group) is 1. The van der Waals surface area contributed by atoms with Crippen molar-refractivity contribution in [3.63, 3.8) is 0 Å². The van der Waals surface area contributed by atoms with E-state index in [4.69, 9.17) is 44.1 Å². The van der Waals surface area contributed by atoms with Crippen molar-refractivity contribution >= 4 is 46.6 Å². The van der Waals surface area contributed by atoms with Crippen LogP contribution in [0.1, 0.15) is 187 Å². The molecule has 6 rings (SSSR count). The third-order valence-electron chi connectivity index (χ3n) is 13.1. The van der Waals surface area contributed by atoms with Crippen LogP contribution in [-0.2, 0) is 17.0 Å². The number of ether oxygens (including phenoxy) is 1. The fourth-order valence-electron chi connectivity index (χ4n) is 8.98. The standard InChI is InChI=1S/C53H73Cl3N6O5/c1-5-6-7-8-9-10-11-12-13-14-15-16-17-18-19-23-48(63)57-28-30-61(4)31-29-58-52(64)46-33-47(62(59-46)37(2)3)39-34-53(65,35-39)42-27-26-40(32-45(42)56)66-36-41-50(60-67-51(41)38-24-25-38)49-43(54)21-20-22-44(49)55/h12-13,20-22,26-27,32-33,37-39,65H,5-11,14-19,23-25,28-31,34-36H2,1-4H3,(H,57,63)(H,58,64). The van der Waals surface area contributed by atoms with E-state index >= 15 is 0 Å². The Hall–Kier alpha value is -3.87. The van der Waals surface area contributed by atoms with Gasteiger partial charge in [-0.3, -0.25) is 14.3 Å². The number of hydrogen-bond donors (Lipinski definition) is 3. The zero-order valence-corrected chi connectivity index (χ0v) is 42.5. The Morgan fingerprint density at radius 2 is 1.52 bits per heavy atom. The number of carbonyl (C=O) groups is 2. The van der Waals surface area contributed by atoms with Crippen LogP contribution in [0.2, 0.25) is 15.1 Å². The second kappa shape index (κ2) is 26.2. The summed E-state index contributed by atoms with van der Waals surface area (Å²) in [6, 6.07) is 12.6. The molecule has 2 fully saturated rings. The van der Waals surface area contributed by atoms with E-state index in [1.165, 1.54) is 64.2 Å². The molecule has 2 amide bonds. The van der Waals surface area contributed by atoms with E-state index in [-0.39, 0.29) is 36.3 Å². The van der Waals surface area contributed by atoms with Crippen molar-refractivity contribution in [3.05, 3.63) is 98.0 Å². The minimum Gasteiger partial charge on any atom is -0.489 e. The van der Waals surface area contributed by atoms with Crippen LogP contribution in [0.15, 0.2) is 59.1 Å². The van der Waals surface area contributed by atoms with E-state index in [0.29, 0.717) is 88.8 Å². The largest absolute Gasteiger partial charge is 0.489 e. The number of amides is 2. The van der Waals surface area contributed by atoms with E-state index in [9.17, 15) is 14.7 Å². The van der Waals surface area contributed by atoms with E-state index in [0.717, 1.165) is 49.1 Å². The Kier molecular flexibility index (Phi) is 20.5. The molecule has 2 aromatic carbocycles. The van der Waals surface area contributed by atoms with Gasteiger partial charge in [0.1, 0.15) is 29.5 Å². The fourth-order valence-corrected chi connectivity index (χ4v) is 9.91. The number of benzene rings is 2. The van der Waals surface area contributed by atoms with Gasteiger partial charge < -0.3 is 29.9 Å². The maximum atomic E-state index is 13.3. The number of aliphatic hydroxyl groups is 1. The summed E-state index contributed by atoms with van der Waals surface area (Å²) in [5, 5.41) is 28.3. The maximum Gasteiger partial charge on any atom is 0.271 e. The second-order valence-electron chi connectivity index (χ2n) is 19.0. The quantitative estimate of drug-likeness (QED) is 0.0347. The number of nitrogens with zero attached hydrogens (tertiary/aromatic N) is 4. The minimum absolute atomic E-state index is 0.0174. The number of halogens is 3. The lowest BCUT2D eigenvalue weighted by atomic mass is 9.66. The topological polar surface area (TPSA) is 135 Å². The van der Waals surface area contributed by atoms with Gasteiger partial charge in [0.25, 0.3) is 5.91 Å². The molecule has 3 N–H and O–H groups in total. The predicted octanol–water partition coefficient (Wildman–Crippen LogP) is 13.1. The third kappa shape index (κ3) is 15.3. The molecule has 67 heavy (non-hydrogen) atoms. The van der Waals surface area contributed by atoms with Gasteiger partial charge in [0, 0.05) is 67.3 Å². The Labute approximate surface area is 413 Å². The zero-order valence-electron chi connectivity index (χ0n) is 40.2. The van der Waals surface area contributed by atoms with Gasteiger partial charge in [-0.25, -0.2) is 0 Å². The summed E-state index contributed by atoms with van der Waals surface area (Å²) in [6.07, 6.45) is 24.3. The first-order valence-electron chi connectivity index (χ1n) is 24.9. The minimum atomic E-state index is -1.15. The zero-order chi connectivity index (χ0) is 47.8. The second-order valence-corrected chi connectivity index (χ2v) is 20.3. The first-order valence-corrected chi connectivity index (χ1v) is 26.1. The lowest BCUT2D eigenvalue weighted by molar-refractivity contribution is -0.121. The predicted molar refractivity (Wildman–Crippen MR) is 270 cm³/mol. The van der Waals surface area contributed by atoms with Gasteiger partial charge in [-0.1, -0.05) is 123 Å². The van der Waals surface area contributed by atoms with Crippen molar-refractivity contribution in [2.45, 2.75) is 166 Å². The average Bonchev–Trinajstić information content (AvgIpc) is 3.89. The third-order valence-corrected chi connectivity index (χ3v) is 14.1. The number of aromatic nitrogens is 3. The Morgan fingerprint density at radius 3 is 2.16 bits per heavy atom. The maximum absolute atomic E-state index is 13.3. The van der Waals surface area contributed by atoms with Crippen LogP contribution in [0.25, 0.3) is 11.3 Å². The molecule has 0 atom stereocenters. The van der Waals surface area contributed by atoms with Crippen LogP contribution in [0, 0.1) is 0 Å². The van der Waals surface area contributed by atoms with E-state index < -0.39 is 5.60 Å². The van der Waals surface area contributed by atoms with Gasteiger partial charge in [0.05, 0.1) is 26.2 Å². The molecule has 14 heteroatoms. The first kappa shape index (κ1) is 52.5. The summed E-state index contributed by atoms with van der Waals surface area (Å²) >= 11 is 19.9. The molecule has 366 valence electrons. The summed E-state index contributed by atoms with van der Waals surface area (Å²) in [4.78, 5) is 27.8. The summed E-state index contributed by atoms with van der Waals surface area (Å²) < 4.78 is 13.9. The van der Waals surface area contributed by atoms with Crippen molar-refractivity contribution in [1.29, 1.82) is 0 Å². The van der Waals surface area contributed by atoms with Gasteiger partial charge in [-0.05, 0) is 109 Å². The SMILES string of the molecule is CCCCCCCCC=CCCCCCCCC(=O)NCCN(C)CCNC(=O)c1cc(C2CC(O)(c3ccc(OCc4c(-c5c(Cl)cccc5Cl)noc4C4CC4)cc3Cl)C2)n(C(C)C)n1. The molecule has 0 aliphatic heterocycles. The van der Waals surface area contributed by atoms with Gasteiger partial charge in [-0.2, -0.15) is 5.10 Å². The van der Waals surface area contributed by atoms with Crippen LogP contribution < -0.4 is 15.4 Å². The molecule has 4 aromatic rings. The molecular formula is C53H73Cl3N6O5. The van der Waals surface area contributed by atoms with Gasteiger partial charge in [0.15, 0.2) is 0 Å². The Bertz CT molecular complexity index is 2210. The Morgan fingerprint density at radius 1 is 0.881 bits per heavy atom. The molecule has 0 bridgehead atoms. The molecule has 0 radical (unpaired) electrons. The van der Waals surface area contributed by atoms with Crippen LogP contribution in [0.5, 0.6) is 5.75 Å². The van der Waals surface area contributed by atoms with Gasteiger partial charge in [-0.15, -0.1) is 0 Å². The summed E-state index contributed by atoms with van der Waals surface area (Å²) in [7, 11) is 1.98. The normalized spacial score (nSPS) is 17.1. The van der Waals surface area contributed by atoms with Gasteiger partial charge >= 0.3 is 0 Å². The number of hydrogen-bond acceptors (Lipinski definition) is 8. The highest BCUT2D eigenvalue weighted by Crippen LogP contribution is 2.53. The van der Waals surface area contributed by atoms with E-state index in [1.807, 2.05) is 43.8 Å². The average molecular weight is 981 g/mol. The number of rotatable bonds is 30. The molecular weight excluding hydrogens is 907 g/mol. The van der Waals surface area contributed by atoms with Crippen LogP contribution in [0.4, 0.5) is 0 Å². The summed E-state index contributed by atoms with van der Waals surface area (Å²) in [5.74, 6) is 1.45. The van der Waals surface area contributed by atoms with Crippen LogP contribution in [-0.4, -0.2) is 70.0 Å². The lowest BCUT2D eigenvalue weighted by Gasteiger charge is -2.44. The summed E-state index contributed by atoms with van der Waals surface area (Å²) in [5.41, 5.74) is 2.71. The number of nitrogens with one attached hydrogen (secondary N) is 2. The number of allylic oxidation sites excluding steroid dienone is 2. The highest BCUT2D eigenvalue weighted by atomic mass is 35.5. The molecule has 0 spiro atoms. The van der Waals surface area contributed by atoms with Crippen LogP contribution >= 0.6 is 34.8 Å². The van der Waals surface area contributed by atoms with Crippen molar-refractivity contribution in [2.24, 2.45) is 0 Å². The molecule has 2 aliphatic carbocycles. The molecule has 11 nitrogen and oxygen atoms in total. The molecule has 0 unspecified atom stereocenters. The number of unbranched alkanes of at least 4 members (excludes halogenated alkanes) is 11. The van der Waals surface area contributed by atoms with Crippen molar-refractivity contribution in [3.8, 4) is 17.0 Å². The van der Waals surface area contributed by atoms with E-state index in [1.54, 1.807) is 24.3 Å². The molecule has 2 aliphatic rings. The summed E-state index contributed by atoms with van der Waals surface area (Å²) in [6.45, 7) is 8.84. The highest BCUT2D eigenvalue weighted by Gasteiger charge is 2.47. The number of carbonyl (C=O) groups excluding carboxylic acids is 2. The first-order chi connectivity index (χ1) is 32.4. The highest BCUT2D eigenvalue weighted by molar-refractivity contribution is 6.39. The molecule has 2 saturated carbocycles. The van der Waals surface area contributed by atoms with E-state index in [2.05, 4.69) is 44.9 Å². The fraction of sp³-hybridized carbons (Fsp3) is 0.585. The van der Waals surface area contributed by atoms with Crippen molar-refractivity contribution in [2.75, 3.05) is 33.2 Å². The van der Waals surface area contributed by atoms with Crippen molar-refractivity contribution in [1.82, 2.24) is 30.5 Å². The monoisotopic (exact) mass is 978 g/mol. The molecule has 2 aromatic heterocycles. The lowest BCUT2D eigenvalue weighted by Crippen LogP contribution is -2.41. The van der Waals surface area contributed by atoms with Crippen LogP contribution in [0.3, 0.4) is 0 Å². The molecule has 2 heterocycles. The molecule has 0 saturated heterocycles. The smallest absolute Gasteiger partial charge is 0.271 e. The van der Waals surface area contributed by atoms with Crippen molar-refractivity contribution < 1.29 is 24.0 Å².